The monoisotopic (exact) mass is 253 g/mol. The molecule has 0 aliphatic carbocycles. The van der Waals surface area contributed by atoms with Crippen molar-refractivity contribution in [3.05, 3.63) is 29.3 Å². The molecule has 3 heteroatoms. The Morgan fingerprint density at radius 1 is 1.44 bits per heavy atom. The highest BCUT2D eigenvalue weighted by atomic mass is 32.2. The van der Waals surface area contributed by atoms with E-state index in [-0.39, 0.29) is 4.75 Å². The maximum absolute atomic E-state index is 3.47. The van der Waals surface area contributed by atoms with Crippen molar-refractivity contribution in [2.24, 2.45) is 0 Å². The van der Waals surface area contributed by atoms with Gasteiger partial charge in [-0.1, -0.05) is 6.07 Å². The number of hydrogen-bond acceptors (Lipinski definition) is 3. The van der Waals surface area contributed by atoms with Crippen molar-refractivity contribution in [3.63, 3.8) is 0 Å². The Bertz CT molecular complexity index is 388. The highest BCUT2D eigenvalue weighted by molar-refractivity contribution is 8.00. The second kappa shape index (κ2) is 4.63. The van der Waals surface area contributed by atoms with Gasteiger partial charge >= 0.3 is 0 Å². The number of rotatable bonds is 2. The smallest absolute Gasteiger partial charge is 0.0464 e. The van der Waals surface area contributed by atoms with Gasteiger partial charge in [-0.25, -0.2) is 0 Å². The molecule has 1 atom stereocenters. The first-order valence-electron chi connectivity index (χ1n) is 5.56. The summed E-state index contributed by atoms with van der Waals surface area (Å²) in [5, 5.41) is 3.47. The summed E-state index contributed by atoms with van der Waals surface area (Å²) in [6.07, 6.45) is 2.14. The van der Waals surface area contributed by atoms with Crippen LogP contribution in [0.25, 0.3) is 0 Å². The first-order valence-corrected chi connectivity index (χ1v) is 7.77. The average molecular weight is 253 g/mol. The standard InChI is InChI=1S/C13H19NS2/c1-13(2)12(14-3)11-7-10(15-4)6-5-9(11)8-16-13/h5-7,12,14H,8H2,1-4H3. The summed E-state index contributed by atoms with van der Waals surface area (Å²) < 4.78 is 0.277. The predicted octanol–water partition coefficient (Wildman–Crippen LogP) is 3.69. The molecule has 1 N–H and O–H groups in total. The number of fused-ring (bicyclic) bond motifs is 1. The van der Waals surface area contributed by atoms with Gasteiger partial charge in [-0.05, 0) is 50.4 Å². The summed E-state index contributed by atoms with van der Waals surface area (Å²) in [4.78, 5) is 1.36. The van der Waals surface area contributed by atoms with Gasteiger partial charge < -0.3 is 5.32 Å². The van der Waals surface area contributed by atoms with Crippen molar-refractivity contribution in [1.82, 2.24) is 5.32 Å². The maximum atomic E-state index is 3.47. The highest BCUT2D eigenvalue weighted by Gasteiger charge is 2.35. The molecular formula is C13H19NS2. The molecule has 0 radical (unpaired) electrons. The third-order valence-corrected chi connectivity index (χ3v) is 5.41. The quantitative estimate of drug-likeness (QED) is 0.807. The second-order valence-corrected chi connectivity index (χ2v) is 7.19. The van der Waals surface area contributed by atoms with Crippen molar-refractivity contribution >= 4 is 23.5 Å². The van der Waals surface area contributed by atoms with Crippen LogP contribution in [-0.4, -0.2) is 18.1 Å². The summed E-state index contributed by atoms with van der Waals surface area (Å²) in [7, 11) is 2.06. The van der Waals surface area contributed by atoms with Gasteiger partial charge in [0.05, 0.1) is 0 Å². The Balaban J connectivity index is 2.46. The highest BCUT2D eigenvalue weighted by Crippen LogP contribution is 2.45. The minimum Gasteiger partial charge on any atom is -0.312 e. The van der Waals surface area contributed by atoms with Gasteiger partial charge in [0.15, 0.2) is 0 Å². The minimum atomic E-state index is 0.277. The topological polar surface area (TPSA) is 12.0 Å². The van der Waals surface area contributed by atoms with E-state index in [0.717, 1.165) is 5.75 Å². The molecule has 0 saturated carbocycles. The van der Waals surface area contributed by atoms with Crippen LogP contribution in [-0.2, 0) is 5.75 Å². The molecular weight excluding hydrogens is 234 g/mol. The zero-order valence-corrected chi connectivity index (χ0v) is 12.0. The SMILES string of the molecule is CNC1c2cc(SC)ccc2CSC1(C)C. The van der Waals surface area contributed by atoms with E-state index in [0.29, 0.717) is 6.04 Å². The van der Waals surface area contributed by atoms with E-state index >= 15 is 0 Å². The van der Waals surface area contributed by atoms with E-state index in [1.807, 2.05) is 23.5 Å². The lowest BCUT2D eigenvalue weighted by atomic mass is 9.91. The molecule has 0 aromatic heterocycles. The molecule has 0 amide bonds. The lowest BCUT2D eigenvalue weighted by Gasteiger charge is -2.39. The summed E-state index contributed by atoms with van der Waals surface area (Å²) in [6, 6.07) is 7.32. The molecule has 1 aliphatic heterocycles. The first-order chi connectivity index (χ1) is 7.58. The molecule has 88 valence electrons. The van der Waals surface area contributed by atoms with Crippen LogP contribution in [0.4, 0.5) is 0 Å². The third-order valence-electron chi connectivity index (χ3n) is 3.25. The zero-order chi connectivity index (χ0) is 11.8. The largest absolute Gasteiger partial charge is 0.312 e. The third kappa shape index (κ3) is 2.13. The Labute approximate surface area is 107 Å². The van der Waals surface area contributed by atoms with E-state index in [9.17, 15) is 0 Å². The Morgan fingerprint density at radius 3 is 2.81 bits per heavy atom. The van der Waals surface area contributed by atoms with Gasteiger partial charge in [-0.15, -0.1) is 23.5 Å². The van der Waals surface area contributed by atoms with Crippen molar-refractivity contribution in [3.8, 4) is 0 Å². The molecule has 1 nitrogen and oxygen atoms in total. The number of nitrogens with one attached hydrogen (secondary N) is 1. The fourth-order valence-corrected chi connectivity index (χ4v) is 3.98. The predicted molar refractivity (Wildman–Crippen MR) is 75.4 cm³/mol. The van der Waals surface area contributed by atoms with Crippen LogP contribution in [0.15, 0.2) is 23.1 Å². The number of benzene rings is 1. The van der Waals surface area contributed by atoms with E-state index in [1.165, 1.54) is 16.0 Å². The first kappa shape index (κ1) is 12.3. The number of thioether (sulfide) groups is 2. The lowest BCUT2D eigenvalue weighted by molar-refractivity contribution is 0.473. The zero-order valence-electron chi connectivity index (χ0n) is 10.3. The summed E-state index contributed by atoms with van der Waals surface area (Å²) >= 11 is 3.86. The molecule has 1 aromatic carbocycles. The summed E-state index contributed by atoms with van der Waals surface area (Å²) in [5.74, 6) is 1.13. The van der Waals surface area contributed by atoms with Crippen molar-refractivity contribution < 1.29 is 0 Å². The Hall–Kier alpha value is -0.120. The van der Waals surface area contributed by atoms with E-state index in [2.05, 4.69) is 50.7 Å². The van der Waals surface area contributed by atoms with E-state index in [4.69, 9.17) is 0 Å². The van der Waals surface area contributed by atoms with Crippen LogP contribution in [0, 0.1) is 0 Å². The number of hydrogen-bond donors (Lipinski definition) is 1. The van der Waals surface area contributed by atoms with Crippen LogP contribution >= 0.6 is 23.5 Å². The van der Waals surface area contributed by atoms with Gasteiger partial charge in [0.2, 0.25) is 0 Å². The summed E-state index contributed by atoms with van der Waals surface area (Å²) in [5.41, 5.74) is 2.97. The van der Waals surface area contributed by atoms with Crippen molar-refractivity contribution in [2.75, 3.05) is 13.3 Å². The molecule has 16 heavy (non-hydrogen) atoms. The normalized spacial score (nSPS) is 22.9. The van der Waals surface area contributed by atoms with Crippen LogP contribution < -0.4 is 5.32 Å². The fourth-order valence-electron chi connectivity index (χ4n) is 2.32. The van der Waals surface area contributed by atoms with Gasteiger partial charge in [0.1, 0.15) is 0 Å². The van der Waals surface area contributed by atoms with Crippen LogP contribution in [0.3, 0.4) is 0 Å². The molecule has 0 bridgehead atoms. The maximum Gasteiger partial charge on any atom is 0.0464 e. The van der Waals surface area contributed by atoms with Gasteiger partial charge in [-0.2, -0.15) is 0 Å². The van der Waals surface area contributed by atoms with Crippen LogP contribution in [0.5, 0.6) is 0 Å². The van der Waals surface area contributed by atoms with Crippen molar-refractivity contribution in [2.45, 2.75) is 35.3 Å². The lowest BCUT2D eigenvalue weighted by Crippen LogP contribution is -2.38. The fraction of sp³-hybridized carbons (Fsp3) is 0.538. The molecule has 1 unspecified atom stereocenters. The molecule has 0 saturated heterocycles. The van der Waals surface area contributed by atoms with E-state index < -0.39 is 0 Å². The van der Waals surface area contributed by atoms with Gasteiger partial charge in [0.25, 0.3) is 0 Å². The molecule has 0 fully saturated rings. The van der Waals surface area contributed by atoms with E-state index in [1.54, 1.807) is 0 Å². The van der Waals surface area contributed by atoms with Crippen molar-refractivity contribution in [1.29, 1.82) is 0 Å². The molecule has 1 aliphatic rings. The average Bonchev–Trinajstić information content (AvgIpc) is 2.27. The second-order valence-electron chi connectivity index (χ2n) is 4.68. The Kier molecular flexibility index (Phi) is 3.57. The Morgan fingerprint density at radius 2 is 2.19 bits per heavy atom. The van der Waals surface area contributed by atoms with Gasteiger partial charge in [0, 0.05) is 21.4 Å². The summed E-state index contributed by atoms with van der Waals surface area (Å²) in [6.45, 7) is 4.65. The minimum absolute atomic E-state index is 0.277. The molecule has 2 rings (SSSR count). The molecule has 1 aromatic rings. The van der Waals surface area contributed by atoms with Crippen LogP contribution in [0.1, 0.15) is 31.0 Å². The molecule has 1 heterocycles. The molecule has 0 spiro atoms. The van der Waals surface area contributed by atoms with Gasteiger partial charge in [-0.3, -0.25) is 0 Å². The van der Waals surface area contributed by atoms with Crippen LogP contribution in [0.2, 0.25) is 0 Å².